The maximum atomic E-state index is 12.7. The van der Waals surface area contributed by atoms with Crippen LogP contribution in [0.15, 0.2) is 17.6 Å². The molecule has 7 nitrogen and oxygen atoms in total. The van der Waals surface area contributed by atoms with E-state index in [-0.39, 0.29) is 5.91 Å². The number of hydrogen-bond acceptors (Lipinski definition) is 6. The highest BCUT2D eigenvalue weighted by Gasteiger charge is 2.22. The van der Waals surface area contributed by atoms with Gasteiger partial charge in [-0.1, -0.05) is 0 Å². The van der Waals surface area contributed by atoms with Gasteiger partial charge in [0, 0.05) is 61.6 Å². The predicted molar refractivity (Wildman–Crippen MR) is 106 cm³/mol. The van der Waals surface area contributed by atoms with Crippen LogP contribution in [0.4, 0.5) is 5.13 Å². The zero-order valence-corrected chi connectivity index (χ0v) is 16.8. The average Bonchev–Trinajstić information content (AvgIpc) is 3.31. The molecule has 1 saturated heterocycles. The Morgan fingerprint density at radius 3 is 2.67 bits per heavy atom. The van der Waals surface area contributed by atoms with Crippen molar-refractivity contribution in [3.05, 3.63) is 40.3 Å². The first-order valence-corrected chi connectivity index (χ1v) is 10.2. The molecule has 1 aliphatic heterocycles. The lowest BCUT2D eigenvalue weighted by atomic mass is 10.1. The standard InChI is InChI=1S/C19H24N6OS/c1-13-12-17-21-14(2)16(15(3)25(17)22-13)4-5-18(26)23-7-9-24(10-8-23)19-20-6-11-27-19/h6,11-12H,4-5,7-10H2,1-3H3. The minimum atomic E-state index is 0.212. The molecule has 8 heteroatoms. The van der Waals surface area contributed by atoms with E-state index >= 15 is 0 Å². The molecule has 0 unspecified atom stereocenters. The lowest BCUT2D eigenvalue weighted by Gasteiger charge is -2.34. The summed E-state index contributed by atoms with van der Waals surface area (Å²) in [5, 5.41) is 7.55. The molecule has 3 aromatic heterocycles. The molecule has 142 valence electrons. The van der Waals surface area contributed by atoms with Crippen molar-refractivity contribution in [1.82, 2.24) is 24.5 Å². The van der Waals surface area contributed by atoms with Crippen LogP contribution in [-0.2, 0) is 11.2 Å². The SMILES string of the molecule is Cc1cc2nc(C)c(CCC(=O)N3CCN(c4nccs4)CC3)c(C)n2n1. The molecule has 0 aliphatic carbocycles. The molecule has 0 spiro atoms. The smallest absolute Gasteiger partial charge is 0.223 e. The number of fused-ring (bicyclic) bond motifs is 1. The molecular formula is C19H24N6OS. The highest BCUT2D eigenvalue weighted by molar-refractivity contribution is 7.13. The van der Waals surface area contributed by atoms with Gasteiger partial charge in [-0.25, -0.2) is 14.5 Å². The Hall–Kier alpha value is -2.48. The molecular weight excluding hydrogens is 360 g/mol. The third-order valence-electron chi connectivity index (χ3n) is 5.20. The second-order valence-corrected chi connectivity index (χ2v) is 7.87. The van der Waals surface area contributed by atoms with Gasteiger partial charge in [0.15, 0.2) is 10.8 Å². The van der Waals surface area contributed by atoms with E-state index in [1.165, 1.54) is 0 Å². The number of aryl methyl sites for hydroxylation is 3. The molecule has 4 heterocycles. The lowest BCUT2D eigenvalue weighted by molar-refractivity contribution is -0.131. The van der Waals surface area contributed by atoms with Crippen LogP contribution in [0.25, 0.3) is 5.65 Å². The molecule has 0 N–H and O–H groups in total. The van der Waals surface area contributed by atoms with Crippen LogP contribution in [0.1, 0.15) is 29.1 Å². The molecule has 1 aliphatic rings. The number of hydrogen-bond donors (Lipinski definition) is 0. The third-order valence-corrected chi connectivity index (χ3v) is 6.03. The lowest BCUT2D eigenvalue weighted by Crippen LogP contribution is -2.48. The normalized spacial score (nSPS) is 14.9. The Bertz CT molecular complexity index is 956. The Labute approximate surface area is 162 Å². The molecule has 3 aromatic rings. The van der Waals surface area contributed by atoms with Gasteiger partial charge in [-0.05, 0) is 32.8 Å². The number of rotatable bonds is 4. The van der Waals surface area contributed by atoms with Gasteiger partial charge in [0.05, 0.1) is 5.69 Å². The maximum Gasteiger partial charge on any atom is 0.223 e. The van der Waals surface area contributed by atoms with Crippen molar-refractivity contribution >= 4 is 28.0 Å². The number of piperazine rings is 1. The zero-order chi connectivity index (χ0) is 19.0. The maximum absolute atomic E-state index is 12.7. The number of anilines is 1. The minimum absolute atomic E-state index is 0.212. The first kappa shape index (κ1) is 17.9. The molecule has 0 saturated carbocycles. The van der Waals surface area contributed by atoms with Gasteiger partial charge in [-0.3, -0.25) is 4.79 Å². The summed E-state index contributed by atoms with van der Waals surface area (Å²) in [7, 11) is 0. The summed E-state index contributed by atoms with van der Waals surface area (Å²) in [4.78, 5) is 25.9. The Morgan fingerprint density at radius 1 is 1.19 bits per heavy atom. The fraction of sp³-hybridized carbons (Fsp3) is 0.474. The Morgan fingerprint density at radius 2 is 1.96 bits per heavy atom. The van der Waals surface area contributed by atoms with E-state index < -0.39 is 0 Å². The van der Waals surface area contributed by atoms with Crippen molar-refractivity contribution in [3.63, 3.8) is 0 Å². The predicted octanol–water partition coefficient (Wildman–Crippen LogP) is 2.39. The van der Waals surface area contributed by atoms with E-state index in [0.717, 1.165) is 59.6 Å². The van der Waals surface area contributed by atoms with E-state index in [0.29, 0.717) is 12.8 Å². The second-order valence-electron chi connectivity index (χ2n) is 7.00. The average molecular weight is 385 g/mol. The van der Waals surface area contributed by atoms with Crippen LogP contribution in [0, 0.1) is 20.8 Å². The molecule has 4 rings (SSSR count). The number of amides is 1. The van der Waals surface area contributed by atoms with Gasteiger partial charge >= 0.3 is 0 Å². The molecule has 0 bridgehead atoms. The van der Waals surface area contributed by atoms with Gasteiger partial charge in [-0.2, -0.15) is 5.10 Å². The minimum Gasteiger partial charge on any atom is -0.345 e. The number of thiazole rings is 1. The van der Waals surface area contributed by atoms with Crippen LogP contribution in [0.2, 0.25) is 0 Å². The summed E-state index contributed by atoms with van der Waals surface area (Å²) >= 11 is 1.65. The quantitative estimate of drug-likeness (QED) is 0.691. The van der Waals surface area contributed by atoms with Gasteiger partial charge in [0.1, 0.15) is 0 Å². The van der Waals surface area contributed by atoms with Crippen molar-refractivity contribution in [3.8, 4) is 0 Å². The number of nitrogens with zero attached hydrogens (tertiary/aromatic N) is 6. The van der Waals surface area contributed by atoms with Crippen LogP contribution < -0.4 is 4.90 Å². The zero-order valence-electron chi connectivity index (χ0n) is 16.0. The van der Waals surface area contributed by atoms with Gasteiger partial charge in [-0.15, -0.1) is 11.3 Å². The summed E-state index contributed by atoms with van der Waals surface area (Å²) in [6.45, 7) is 9.24. The molecule has 27 heavy (non-hydrogen) atoms. The van der Waals surface area contributed by atoms with E-state index in [9.17, 15) is 4.79 Å². The summed E-state index contributed by atoms with van der Waals surface area (Å²) in [5.41, 5.74) is 5.01. The van der Waals surface area contributed by atoms with Gasteiger partial charge < -0.3 is 9.80 Å². The van der Waals surface area contributed by atoms with Crippen molar-refractivity contribution in [1.29, 1.82) is 0 Å². The van der Waals surface area contributed by atoms with Crippen molar-refractivity contribution in [2.24, 2.45) is 0 Å². The fourth-order valence-electron chi connectivity index (χ4n) is 3.71. The summed E-state index contributed by atoms with van der Waals surface area (Å²) in [6, 6.07) is 1.98. The van der Waals surface area contributed by atoms with Crippen LogP contribution in [-0.4, -0.2) is 56.6 Å². The molecule has 0 atom stereocenters. The highest BCUT2D eigenvalue weighted by atomic mass is 32.1. The summed E-state index contributed by atoms with van der Waals surface area (Å²) < 4.78 is 1.88. The van der Waals surface area contributed by atoms with Crippen molar-refractivity contribution in [2.45, 2.75) is 33.6 Å². The molecule has 0 aromatic carbocycles. The fourth-order valence-corrected chi connectivity index (χ4v) is 4.41. The Balaban J connectivity index is 1.39. The van der Waals surface area contributed by atoms with E-state index in [1.54, 1.807) is 11.3 Å². The van der Waals surface area contributed by atoms with Crippen LogP contribution in [0.3, 0.4) is 0 Å². The molecule has 0 radical (unpaired) electrons. The highest BCUT2D eigenvalue weighted by Crippen LogP contribution is 2.20. The first-order chi connectivity index (χ1) is 13.0. The van der Waals surface area contributed by atoms with Crippen molar-refractivity contribution < 1.29 is 4.79 Å². The first-order valence-electron chi connectivity index (χ1n) is 9.27. The van der Waals surface area contributed by atoms with Crippen LogP contribution >= 0.6 is 11.3 Å². The van der Waals surface area contributed by atoms with E-state index in [2.05, 4.69) is 26.9 Å². The number of aromatic nitrogens is 4. The van der Waals surface area contributed by atoms with Crippen LogP contribution in [0.5, 0.6) is 0 Å². The monoisotopic (exact) mass is 384 g/mol. The molecule has 1 fully saturated rings. The number of carbonyl (C=O) groups excluding carboxylic acids is 1. The molecule has 1 amide bonds. The third kappa shape index (κ3) is 3.53. The van der Waals surface area contributed by atoms with Gasteiger partial charge in [0.25, 0.3) is 0 Å². The topological polar surface area (TPSA) is 66.6 Å². The number of carbonyl (C=O) groups is 1. The summed E-state index contributed by atoms with van der Waals surface area (Å²) in [5.74, 6) is 0.212. The second kappa shape index (κ2) is 7.26. The van der Waals surface area contributed by atoms with E-state index in [1.807, 2.05) is 40.9 Å². The van der Waals surface area contributed by atoms with E-state index in [4.69, 9.17) is 0 Å². The summed E-state index contributed by atoms with van der Waals surface area (Å²) in [6.07, 6.45) is 3.03. The van der Waals surface area contributed by atoms with Crippen molar-refractivity contribution in [2.75, 3.05) is 31.1 Å². The Kier molecular flexibility index (Phi) is 4.82. The largest absolute Gasteiger partial charge is 0.345 e. The van der Waals surface area contributed by atoms with Gasteiger partial charge in [0.2, 0.25) is 5.91 Å².